The van der Waals surface area contributed by atoms with Crippen LogP contribution in [0.25, 0.3) is 16.2 Å². The number of hydrogen-bond donors (Lipinski definition) is 2. The number of thiazole rings is 1. The Morgan fingerprint density at radius 1 is 1.23 bits per heavy atom. The van der Waals surface area contributed by atoms with Gasteiger partial charge < -0.3 is 15.2 Å². The van der Waals surface area contributed by atoms with Crippen molar-refractivity contribution in [3.05, 3.63) is 29.8 Å². The molecule has 2 N–H and O–H groups in total. The monoisotopic (exact) mass is 373 g/mol. The topological polar surface area (TPSA) is 58.8 Å². The van der Waals surface area contributed by atoms with Crippen molar-refractivity contribution in [2.24, 2.45) is 5.41 Å². The zero-order chi connectivity index (χ0) is 19.1. The highest BCUT2D eigenvalue weighted by molar-refractivity contribution is 7.15. The lowest BCUT2D eigenvalue weighted by Gasteiger charge is -2.34. The van der Waals surface area contributed by atoms with Crippen LogP contribution in [0.2, 0.25) is 0 Å². The fourth-order valence-electron chi connectivity index (χ4n) is 3.63. The minimum absolute atomic E-state index is 0.112. The van der Waals surface area contributed by atoms with Crippen molar-refractivity contribution in [2.75, 3.05) is 12.4 Å². The van der Waals surface area contributed by atoms with Gasteiger partial charge in [-0.3, -0.25) is 4.40 Å². The minimum Gasteiger partial charge on any atom is -0.504 e. The number of methoxy groups -OCH3 is 1. The van der Waals surface area contributed by atoms with Gasteiger partial charge in [-0.2, -0.15) is 0 Å². The third kappa shape index (κ3) is 3.80. The number of rotatable bonds is 5. The minimum atomic E-state index is -0.112. The molecule has 0 saturated carbocycles. The number of benzene rings is 1. The highest BCUT2D eigenvalue weighted by atomic mass is 32.1. The van der Waals surface area contributed by atoms with Gasteiger partial charge in [0.15, 0.2) is 16.5 Å². The molecule has 2 aromatic heterocycles. The van der Waals surface area contributed by atoms with Crippen LogP contribution in [-0.4, -0.2) is 27.1 Å². The average molecular weight is 374 g/mol. The van der Waals surface area contributed by atoms with E-state index < -0.39 is 0 Å². The molecule has 0 amide bonds. The maximum atomic E-state index is 10.2. The summed E-state index contributed by atoms with van der Waals surface area (Å²) in [6.07, 6.45) is 3.03. The third-order valence-corrected chi connectivity index (χ3v) is 4.90. The van der Waals surface area contributed by atoms with Crippen molar-refractivity contribution in [3.63, 3.8) is 0 Å². The molecule has 0 radical (unpaired) electrons. The fourth-order valence-corrected chi connectivity index (χ4v) is 4.35. The van der Waals surface area contributed by atoms with Crippen LogP contribution < -0.4 is 10.1 Å². The van der Waals surface area contributed by atoms with E-state index in [-0.39, 0.29) is 16.7 Å². The van der Waals surface area contributed by atoms with Gasteiger partial charge in [0.25, 0.3) is 0 Å². The number of aromatic hydroxyl groups is 1. The summed E-state index contributed by atoms with van der Waals surface area (Å²) in [5.74, 6) is 1.51. The largest absolute Gasteiger partial charge is 0.504 e. The van der Waals surface area contributed by atoms with Crippen molar-refractivity contribution in [1.82, 2.24) is 9.38 Å². The van der Waals surface area contributed by atoms with E-state index in [1.807, 2.05) is 17.6 Å². The zero-order valence-electron chi connectivity index (χ0n) is 16.3. The summed E-state index contributed by atoms with van der Waals surface area (Å²) < 4.78 is 7.23. The molecule has 0 unspecified atom stereocenters. The molecule has 3 aromatic rings. The summed E-state index contributed by atoms with van der Waals surface area (Å²) in [5.41, 5.74) is 1.78. The molecule has 0 atom stereocenters. The second-order valence-electron chi connectivity index (χ2n) is 8.50. The Bertz CT molecular complexity index is 919. The van der Waals surface area contributed by atoms with Crippen LogP contribution in [0.15, 0.2) is 29.8 Å². The number of hydrogen-bond acceptors (Lipinski definition) is 5. The number of aromatic nitrogens is 2. The molecule has 0 aliphatic carbocycles. The van der Waals surface area contributed by atoms with E-state index in [2.05, 4.69) is 44.3 Å². The summed E-state index contributed by atoms with van der Waals surface area (Å²) >= 11 is 1.59. The maximum absolute atomic E-state index is 10.2. The third-order valence-electron chi connectivity index (χ3n) is 4.14. The molecule has 5 nitrogen and oxygen atoms in total. The van der Waals surface area contributed by atoms with Crippen LogP contribution in [0.5, 0.6) is 11.5 Å². The molecule has 26 heavy (non-hydrogen) atoms. The van der Waals surface area contributed by atoms with Crippen molar-refractivity contribution in [2.45, 2.75) is 46.6 Å². The van der Waals surface area contributed by atoms with E-state index in [4.69, 9.17) is 9.72 Å². The van der Waals surface area contributed by atoms with Gasteiger partial charge in [0.05, 0.1) is 7.11 Å². The Labute approximate surface area is 158 Å². The summed E-state index contributed by atoms with van der Waals surface area (Å²) in [4.78, 5) is 5.71. The van der Waals surface area contributed by atoms with E-state index in [1.54, 1.807) is 30.6 Å². The standard InChI is InChI=1S/C20H27N3O2S/c1-19(2,3)12-20(4,5)22-17-16(21-18-23(17)9-10-26-18)13-7-8-15(25-6)14(24)11-13/h7-11,22,24H,12H2,1-6H3. The number of anilines is 1. The second-order valence-corrected chi connectivity index (χ2v) is 9.37. The number of ether oxygens (including phenoxy) is 1. The SMILES string of the molecule is COc1ccc(-c2nc3sccn3c2NC(C)(C)CC(C)(C)C)cc1O. The number of nitrogens with one attached hydrogen (secondary N) is 1. The Kier molecular flexibility index (Phi) is 4.65. The first kappa shape index (κ1) is 18.6. The van der Waals surface area contributed by atoms with Crippen LogP contribution in [0.3, 0.4) is 0 Å². The molecule has 0 aliphatic rings. The number of nitrogens with zero attached hydrogens (tertiary/aromatic N) is 2. The van der Waals surface area contributed by atoms with Gasteiger partial charge in [-0.15, -0.1) is 11.3 Å². The first-order valence-corrected chi connectivity index (χ1v) is 9.59. The Hall–Kier alpha value is -2.21. The summed E-state index contributed by atoms with van der Waals surface area (Å²) in [6.45, 7) is 11.2. The van der Waals surface area contributed by atoms with Crippen molar-refractivity contribution >= 4 is 22.1 Å². The maximum Gasteiger partial charge on any atom is 0.195 e. The quantitative estimate of drug-likeness (QED) is 0.628. The van der Waals surface area contributed by atoms with Gasteiger partial charge in [0.1, 0.15) is 11.5 Å². The van der Waals surface area contributed by atoms with Crippen molar-refractivity contribution in [1.29, 1.82) is 0 Å². The van der Waals surface area contributed by atoms with Crippen LogP contribution in [0.1, 0.15) is 41.0 Å². The number of phenolic OH excluding ortho intramolecular Hbond substituents is 1. The molecule has 0 aliphatic heterocycles. The molecular weight excluding hydrogens is 346 g/mol. The number of fused-ring (bicyclic) bond motifs is 1. The smallest absolute Gasteiger partial charge is 0.195 e. The zero-order valence-corrected chi connectivity index (χ0v) is 17.1. The van der Waals surface area contributed by atoms with Crippen LogP contribution >= 0.6 is 11.3 Å². The van der Waals surface area contributed by atoms with Crippen LogP contribution in [-0.2, 0) is 0 Å². The summed E-state index contributed by atoms with van der Waals surface area (Å²) in [6, 6.07) is 5.39. The van der Waals surface area contributed by atoms with E-state index in [0.29, 0.717) is 5.75 Å². The lowest BCUT2D eigenvalue weighted by atomic mass is 9.82. The molecular formula is C20H27N3O2S. The molecule has 6 heteroatoms. The first-order chi connectivity index (χ1) is 12.1. The summed E-state index contributed by atoms with van der Waals surface area (Å²) in [5, 5.41) is 15.9. The molecule has 0 saturated heterocycles. The highest BCUT2D eigenvalue weighted by Gasteiger charge is 2.28. The van der Waals surface area contributed by atoms with E-state index in [0.717, 1.165) is 28.5 Å². The fraction of sp³-hybridized carbons (Fsp3) is 0.450. The van der Waals surface area contributed by atoms with Gasteiger partial charge in [0, 0.05) is 22.7 Å². The lowest BCUT2D eigenvalue weighted by molar-refractivity contribution is 0.302. The molecule has 0 bridgehead atoms. The van der Waals surface area contributed by atoms with Gasteiger partial charge in [-0.1, -0.05) is 20.8 Å². The molecule has 0 spiro atoms. The molecule has 140 valence electrons. The predicted octanol–water partition coefficient (Wildman–Crippen LogP) is 5.40. The molecule has 1 aromatic carbocycles. The number of imidazole rings is 1. The van der Waals surface area contributed by atoms with Gasteiger partial charge >= 0.3 is 0 Å². The average Bonchev–Trinajstić information content (AvgIpc) is 3.07. The number of phenols is 1. The van der Waals surface area contributed by atoms with E-state index in [9.17, 15) is 5.11 Å². The Morgan fingerprint density at radius 2 is 1.96 bits per heavy atom. The van der Waals surface area contributed by atoms with Gasteiger partial charge in [0.2, 0.25) is 0 Å². The summed E-state index contributed by atoms with van der Waals surface area (Å²) in [7, 11) is 1.54. The van der Waals surface area contributed by atoms with Crippen LogP contribution in [0, 0.1) is 5.41 Å². The molecule has 3 rings (SSSR count). The second kappa shape index (κ2) is 6.50. The van der Waals surface area contributed by atoms with E-state index >= 15 is 0 Å². The van der Waals surface area contributed by atoms with Gasteiger partial charge in [-0.25, -0.2) is 4.98 Å². The molecule has 0 fully saturated rings. The van der Waals surface area contributed by atoms with E-state index in [1.165, 1.54) is 0 Å². The Balaban J connectivity index is 2.06. The molecule has 2 heterocycles. The highest BCUT2D eigenvalue weighted by Crippen LogP contribution is 2.38. The Morgan fingerprint density at radius 3 is 2.58 bits per heavy atom. The normalized spacial score (nSPS) is 12.5. The van der Waals surface area contributed by atoms with Gasteiger partial charge in [-0.05, 0) is 43.9 Å². The lowest BCUT2D eigenvalue weighted by Crippen LogP contribution is -2.36. The first-order valence-electron chi connectivity index (χ1n) is 8.71. The van der Waals surface area contributed by atoms with Crippen LogP contribution in [0.4, 0.5) is 5.82 Å². The van der Waals surface area contributed by atoms with Crippen molar-refractivity contribution < 1.29 is 9.84 Å². The predicted molar refractivity (Wildman–Crippen MR) is 108 cm³/mol. The van der Waals surface area contributed by atoms with Crippen molar-refractivity contribution in [3.8, 4) is 22.8 Å².